The maximum absolute atomic E-state index is 4.70. The van der Waals surface area contributed by atoms with Crippen molar-refractivity contribution in [3.63, 3.8) is 0 Å². The molecule has 2 heterocycles. The fourth-order valence-electron chi connectivity index (χ4n) is 2.77. The largest absolute Gasteiger partial charge is 0.314 e. The molecular formula is C16H30N4. The lowest BCUT2D eigenvalue weighted by atomic mass is 10.0. The summed E-state index contributed by atoms with van der Waals surface area (Å²) >= 11 is 0. The van der Waals surface area contributed by atoms with Gasteiger partial charge in [-0.3, -0.25) is 9.58 Å². The Hall–Kier alpha value is -0.870. The summed E-state index contributed by atoms with van der Waals surface area (Å²) in [6.07, 6.45) is 7.03. The van der Waals surface area contributed by atoms with Crippen molar-refractivity contribution in [2.75, 3.05) is 19.6 Å². The second-order valence-electron chi connectivity index (χ2n) is 6.05. The minimum atomic E-state index is 0.507. The van der Waals surface area contributed by atoms with E-state index in [-0.39, 0.29) is 0 Å². The molecule has 1 saturated heterocycles. The number of aromatic nitrogens is 2. The minimum absolute atomic E-state index is 0.507. The van der Waals surface area contributed by atoms with Crippen LogP contribution in [0.3, 0.4) is 0 Å². The third-order valence-corrected chi connectivity index (χ3v) is 4.36. The summed E-state index contributed by atoms with van der Waals surface area (Å²) < 4.78 is 2.10. The molecule has 114 valence electrons. The third kappa shape index (κ3) is 4.32. The summed E-state index contributed by atoms with van der Waals surface area (Å²) in [6, 6.07) is 3.41. The van der Waals surface area contributed by atoms with Gasteiger partial charge in [-0.15, -0.1) is 0 Å². The topological polar surface area (TPSA) is 33.1 Å². The molecular weight excluding hydrogens is 248 g/mol. The van der Waals surface area contributed by atoms with E-state index in [1.165, 1.54) is 38.0 Å². The molecule has 0 aromatic carbocycles. The number of hydrogen-bond acceptors (Lipinski definition) is 3. The van der Waals surface area contributed by atoms with Crippen molar-refractivity contribution in [1.29, 1.82) is 0 Å². The van der Waals surface area contributed by atoms with Crippen LogP contribution in [0, 0.1) is 0 Å². The summed E-state index contributed by atoms with van der Waals surface area (Å²) in [5.74, 6) is 0. The summed E-state index contributed by atoms with van der Waals surface area (Å²) in [5.41, 5.74) is 1.21. The Morgan fingerprint density at radius 2 is 2.10 bits per heavy atom. The molecule has 1 aromatic heterocycles. The third-order valence-electron chi connectivity index (χ3n) is 4.36. The van der Waals surface area contributed by atoms with Gasteiger partial charge in [0.2, 0.25) is 0 Å². The van der Waals surface area contributed by atoms with Crippen LogP contribution >= 0.6 is 0 Å². The van der Waals surface area contributed by atoms with Crippen LogP contribution in [0.15, 0.2) is 12.3 Å². The first-order chi connectivity index (χ1) is 9.72. The lowest BCUT2D eigenvalue weighted by Crippen LogP contribution is -2.42. The van der Waals surface area contributed by atoms with E-state index < -0.39 is 0 Å². The molecule has 0 saturated carbocycles. The van der Waals surface area contributed by atoms with Crippen molar-refractivity contribution in [2.45, 2.75) is 65.1 Å². The molecule has 0 radical (unpaired) electrons. The zero-order chi connectivity index (χ0) is 14.4. The monoisotopic (exact) mass is 278 g/mol. The highest BCUT2D eigenvalue weighted by Gasteiger charge is 2.19. The van der Waals surface area contributed by atoms with Gasteiger partial charge in [0.25, 0.3) is 0 Å². The standard InChI is InChI=1S/C16H30N4/c1-4-9-17-15-6-10-19(11-7-15)13-16-8-12-20(18-16)14(3)5-2/h8,12,14-15,17H,4-7,9-11,13H2,1-3H3. The molecule has 0 spiro atoms. The highest BCUT2D eigenvalue weighted by Crippen LogP contribution is 2.14. The van der Waals surface area contributed by atoms with Crippen LogP contribution in [0.1, 0.15) is 58.2 Å². The molecule has 2 rings (SSSR count). The van der Waals surface area contributed by atoms with Crippen LogP contribution in [-0.2, 0) is 6.54 Å². The molecule has 1 N–H and O–H groups in total. The Kier molecular flexibility index (Phi) is 6.05. The van der Waals surface area contributed by atoms with Gasteiger partial charge in [-0.25, -0.2) is 0 Å². The smallest absolute Gasteiger partial charge is 0.0764 e. The molecule has 0 aliphatic carbocycles. The number of piperidine rings is 1. The van der Waals surface area contributed by atoms with E-state index >= 15 is 0 Å². The lowest BCUT2D eigenvalue weighted by molar-refractivity contribution is 0.188. The molecule has 1 fully saturated rings. The maximum Gasteiger partial charge on any atom is 0.0764 e. The van der Waals surface area contributed by atoms with Crippen molar-refractivity contribution < 1.29 is 0 Å². The Labute approximate surface area is 123 Å². The molecule has 20 heavy (non-hydrogen) atoms. The molecule has 4 heteroatoms. The molecule has 0 amide bonds. The Morgan fingerprint density at radius 1 is 1.35 bits per heavy atom. The highest BCUT2D eigenvalue weighted by molar-refractivity contribution is 5.00. The van der Waals surface area contributed by atoms with E-state index in [0.29, 0.717) is 6.04 Å². The van der Waals surface area contributed by atoms with E-state index in [4.69, 9.17) is 5.10 Å². The summed E-state index contributed by atoms with van der Waals surface area (Å²) in [6.45, 7) is 11.2. The van der Waals surface area contributed by atoms with Crippen molar-refractivity contribution in [2.24, 2.45) is 0 Å². The normalized spacial score (nSPS) is 19.4. The van der Waals surface area contributed by atoms with Crippen molar-refractivity contribution in [1.82, 2.24) is 20.0 Å². The van der Waals surface area contributed by atoms with Crippen molar-refractivity contribution >= 4 is 0 Å². The molecule has 1 unspecified atom stereocenters. The van der Waals surface area contributed by atoms with Gasteiger partial charge in [-0.2, -0.15) is 5.10 Å². The zero-order valence-electron chi connectivity index (χ0n) is 13.3. The molecule has 1 aliphatic rings. The first kappa shape index (κ1) is 15.5. The number of nitrogens with one attached hydrogen (secondary N) is 1. The SMILES string of the molecule is CCCNC1CCN(Cc2ccn(C(C)CC)n2)CC1. The van der Waals surface area contributed by atoms with Crippen LogP contribution in [-0.4, -0.2) is 40.4 Å². The molecule has 1 aromatic rings. The predicted molar refractivity (Wildman–Crippen MR) is 83.8 cm³/mol. The Morgan fingerprint density at radius 3 is 2.75 bits per heavy atom. The number of likely N-dealkylation sites (tertiary alicyclic amines) is 1. The predicted octanol–water partition coefficient (Wildman–Crippen LogP) is 2.82. The van der Waals surface area contributed by atoms with Gasteiger partial charge >= 0.3 is 0 Å². The fourth-order valence-corrected chi connectivity index (χ4v) is 2.77. The number of nitrogens with zero attached hydrogens (tertiary/aromatic N) is 3. The number of rotatable bonds is 7. The van der Waals surface area contributed by atoms with E-state index in [0.717, 1.165) is 25.6 Å². The zero-order valence-corrected chi connectivity index (χ0v) is 13.3. The highest BCUT2D eigenvalue weighted by atomic mass is 15.3. The van der Waals surface area contributed by atoms with Gasteiger partial charge in [0.1, 0.15) is 0 Å². The van der Waals surface area contributed by atoms with Gasteiger partial charge in [0.15, 0.2) is 0 Å². The van der Waals surface area contributed by atoms with E-state index in [1.54, 1.807) is 0 Å². The summed E-state index contributed by atoms with van der Waals surface area (Å²) in [7, 11) is 0. The fraction of sp³-hybridized carbons (Fsp3) is 0.812. The minimum Gasteiger partial charge on any atom is -0.314 e. The van der Waals surface area contributed by atoms with Crippen LogP contribution in [0.25, 0.3) is 0 Å². The van der Waals surface area contributed by atoms with Gasteiger partial charge in [0.05, 0.1) is 5.69 Å². The number of hydrogen-bond donors (Lipinski definition) is 1. The van der Waals surface area contributed by atoms with Crippen LogP contribution in [0.5, 0.6) is 0 Å². The summed E-state index contributed by atoms with van der Waals surface area (Å²) in [5, 5.41) is 8.34. The van der Waals surface area contributed by atoms with Gasteiger partial charge in [0, 0.05) is 37.9 Å². The summed E-state index contributed by atoms with van der Waals surface area (Å²) in [4.78, 5) is 2.54. The van der Waals surface area contributed by atoms with Crippen LogP contribution in [0.4, 0.5) is 0 Å². The average Bonchev–Trinajstić information content (AvgIpc) is 2.94. The first-order valence-electron chi connectivity index (χ1n) is 8.22. The van der Waals surface area contributed by atoms with E-state index in [9.17, 15) is 0 Å². The van der Waals surface area contributed by atoms with Gasteiger partial charge in [-0.05, 0) is 45.2 Å². The quantitative estimate of drug-likeness (QED) is 0.832. The average molecular weight is 278 g/mol. The molecule has 1 atom stereocenters. The van der Waals surface area contributed by atoms with E-state index in [2.05, 4.69) is 47.9 Å². The lowest BCUT2D eigenvalue weighted by Gasteiger charge is -2.32. The van der Waals surface area contributed by atoms with Gasteiger partial charge < -0.3 is 5.32 Å². The van der Waals surface area contributed by atoms with Gasteiger partial charge in [-0.1, -0.05) is 13.8 Å². The van der Waals surface area contributed by atoms with Crippen LogP contribution < -0.4 is 5.32 Å². The second kappa shape index (κ2) is 7.79. The van der Waals surface area contributed by atoms with Crippen molar-refractivity contribution in [3.8, 4) is 0 Å². The molecule has 1 aliphatic heterocycles. The Bertz CT molecular complexity index is 380. The van der Waals surface area contributed by atoms with Crippen molar-refractivity contribution in [3.05, 3.63) is 18.0 Å². The van der Waals surface area contributed by atoms with E-state index in [1.807, 2.05) is 0 Å². The van der Waals surface area contributed by atoms with Crippen LogP contribution in [0.2, 0.25) is 0 Å². The molecule has 4 nitrogen and oxygen atoms in total. The molecule has 0 bridgehead atoms. The first-order valence-corrected chi connectivity index (χ1v) is 8.22. The second-order valence-corrected chi connectivity index (χ2v) is 6.05. The maximum atomic E-state index is 4.70. The Balaban J connectivity index is 1.76.